The molecule has 0 saturated carbocycles. The smallest absolute Gasteiger partial charge is 0.251 e. The Labute approximate surface area is 255 Å². The third-order valence-electron chi connectivity index (χ3n) is 9.48. The normalized spacial score (nSPS) is 28.4. The Balaban J connectivity index is 1.78. The van der Waals surface area contributed by atoms with E-state index in [2.05, 4.69) is 38.8 Å². The Morgan fingerprint density at radius 2 is 1.69 bits per heavy atom. The van der Waals surface area contributed by atoms with Gasteiger partial charge in [-0.1, -0.05) is 19.1 Å². The Hall–Kier alpha value is -2.78. The highest BCUT2D eigenvalue weighted by atomic mass is 32.2. The summed E-state index contributed by atoms with van der Waals surface area (Å²) in [5.41, 5.74) is 1.81. The van der Waals surface area contributed by atoms with Crippen molar-refractivity contribution in [2.24, 2.45) is 11.8 Å². The first-order valence-electron chi connectivity index (χ1n) is 15.4. The predicted molar refractivity (Wildman–Crippen MR) is 172 cm³/mol. The van der Waals surface area contributed by atoms with Crippen molar-refractivity contribution in [3.8, 4) is 0 Å². The molecule has 4 rings (SSSR count). The topological polar surface area (TPSA) is 84.4 Å². The molecule has 3 saturated heterocycles. The first-order chi connectivity index (χ1) is 20.1. The van der Waals surface area contributed by atoms with Gasteiger partial charge in [-0.2, -0.15) is 0 Å². The van der Waals surface area contributed by atoms with Gasteiger partial charge in [0.05, 0.1) is 29.2 Å². The Kier molecular flexibility index (Phi) is 9.82. The maximum Gasteiger partial charge on any atom is 0.251 e. The van der Waals surface area contributed by atoms with E-state index in [1.165, 1.54) is 0 Å². The number of amides is 3. The first-order valence-corrected chi connectivity index (χ1v) is 16.2. The standard InChI is InChI=1S/C33H48N4O4S/c1-8-19-35(20-9-2)29(39)26-27-30(40)37(23(6)22-38)28(33(27)18-17-32(26,7)42-33)31(41)36(21-10-3)25-15-13-24(14-16-25)34(11-4)12-5/h8,10,13-16,23,26-28,38H,1,3,9,11-12,17-22H2,2,4-7H3/t23-,26+,27+,28?,32-,33?/m1/s1. The quantitative estimate of drug-likeness (QED) is 0.322. The lowest BCUT2D eigenvalue weighted by Gasteiger charge is -2.39. The van der Waals surface area contributed by atoms with Crippen LogP contribution in [0.5, 0.6) is 0 Å². The van der Waals surface area contributed by atoms with Crippen LogP contribution in [0.3, 0.4) is 0 Å². The molecule has 0 aliphatic carbocycles. The van der Waals surface area contributed by atoms with Crippen LogP contribution in [0.2, 0.25) is 0 Å². The Morgan fingerprint density at radius 3 is 2.24 bits per heavy atom. The molecule has 3 fully saturated rings. The van der Waals surface area contributed by atoms with Crippen molar-refractivity contribution in [1.29, 1.82) is 0 Å². The summed E-state index contributed by atoms with van der Waals surface area (Å²) in [4.78, 5) is 50.7. The average molecular weight is 597 g/mol. The van der Waals surface area contributed by atoms with Crippen LogP contribution in [0.4, 0.5) is 11.4 Å². The highest BCUT2D eigenvalue weighted by molar-refractivity contribution is 8.02. The first kappa shape index (κ1) is 32.1. The van der Waals surface area contributed by atoms with Crippen LogP contribution in [0.15, 0.2) is 49.6 Å². The van der Waals surface area contributed by atoms with Gasteiger partial charge in [-0.15, -0.1) is 24.9 Å². The molecule has 6 atom stereocenters. The monoisotopic (exact) mass is 596 g/mol. The van der Waals surface area contributed by atoms with Crippen molar-refractivity contribution in [2.75, 3.05) is 49.1 Å². The van der Waals surface area contributed by atoms with Gasteiger partial charge >= 0.3 is 0 Å². The van der Waals surface area contributed by atoms with Crippen molar-refractivity contribution >= 4 is 40.9 Å². The molecule has 230 valence electrons. The second kappa shape index (κ2) is 12.8. The number of aliphatic hydroxyl groups is 1. The minimum atomic E-state index is -0.803. The summed E-state index contributed by atoms with van der Waals surface area (Å²) in [5.74, 6) is -1.59. The average Bonchev–Trinajstić information content (AvgIpc) is 3.56. The molecule has 3 heterocycles. The third kappa shape index (κ3) is 5.17. The van der Waals surface area contributed by atoms with Gasteiger partial charge in [0, 0.05) is 48.8 Å². The van der Waals surface area contributed by atoms with Crippen LogP contribution in [0.25, 0.3) is 0 Å². The molecule has 42 heavy (non-hydrogen) atoms. The molecular formula is C33H48N4O4S. The van der Waals surface area contributed by atoms with E-state index in [4.69, 9.17) is 0 Å². The molecule has 0 aromatic heterocycles. The van der Waals surface area contributed by atoms with E-state index in [-0.39, 0.29) is 30.9 Å². The fourth-order valence-electron chi connectivity index (χ4n) is 7.53. The number of rotatable bonds is 14. The fourth-order valence-corrected chi connectivity index (χ4v) is 9.86. The number of fused-ring (bicyclic) bond motifs is 1. The lowest BCUT2D eigenvalue weighted by Crippen LogP contribution is -2.57. The van der Waals surface area contributed by atoms with Crippen molar-refractivity contribution < 1.29 is 19.5 Å². The van der Waals surface area contributed by atoms with Crippen LogP contribution in [0.1, 0.15) is 53.9 Å². The van der Waals surface area contributed by atoms with Crippen molar-refractivity contribution in [3.05, 3.63) is 49.6 Å². The van der Waals surface area contributed by atoms with E-state index in [0.717, 1.165) is 37.3 Å². The molecule has 1 aromatic rings. The van der Waals surface area contributed by atoms with E-state index >= 15 is 0 Å². The number of likely N-dealkylation sites (tertiary alicyclic amines) is 1. The molecule has 1 aromatic carbocycles. The van der Waals surface area contributed by atoms with Crippen LogP contribution in [-0.2, 0) is 14.4 Å². The molecule has 3 aliphatic rings. The summed E-state index contributed by atoms with van der Waals surface area (Å²) in [7, 11) is 0. The lowest BCUT2D eigenvalue weighted by atomic mass is 9.66. The molecule has 3 aliphatic heterocycles. The van der Waals surface area contributed by atoms with E-state index in [9.17, 15) is 19.5 Å². The zero-order valence-electron chi connectivity index (χ0n) is 25.9. The number of anilines is 2. The maximum absolute atomic E-state index is 14.8. The number of carbonyl (C=O) groups is 3. The van der Waals surface area contributed by atoms with Crippen molar-refractivity contribution in [2.45, 2.75) is 75.5 Å². The van der Waals surface area contributed by atoms with E-state index in [1.54, 1.807) is 40.6 Å². The summed E-state index contributed by atoms with van der Waals surface area (Å²) >= 11 is 1.66. The van der Waals surface area contributed by atoms with Gasteiger partial charge in [0.25, 0.3) is 5.91 Å². The molecule has 8 nitrogen and oxygen atoms in total. The number of aliphatic hydroxyl groups excluding tert-OH is 1. The fraction of sp³-hybridized carbons (Fsp3) is 0.606. The molecular weight excluding hydrogens is 548 g/mol. The number of nitrogens with zero attached hydrogens (tertiary/aromatic N) is 4. The van der Waals surface area contributed by atoms with Gasteiger partial charge in [0.1, 0.15) is 6.04 Å². The van der Waals surface area contributed by atoms with Gasteiger partial charge in [0.15, 0.2) is 0 Å². The highest BCUT2D eigenvalue weighted by Crippen LogP contribution is 2.72. The van der Waals surface area contributed by atoms with Gasteiger partial charge < -0.3 is 24.7 Å². The van der Waals surface area contributed by atoms with Crippen LogP contribution in [0, 0.1) is 11.8 Å². The molecule has 9 heteroatoms. The van der Waals surface area contributed by atoms with E-state index in [0.29, 0.717) is 19.5 Å². The number of carbonyl (C=O) groups excluding carboxylic acids is 3. The lowest BCUT2D eigenvalue weighted by molar-refractivity contribution is -0.146. The summed E-state index contributed by atoms with van der Waals surface area (Å²) in [6, 6.07) is 6.58. The Morgan fingerprint density at radius 1 is 1.07 bits per heavy atom. The highest BCUT2D eigenvalue weighted by Gasteiger charge is 2.77. The molecule has 0 radical (unpaired) electrons. The summed E-state index contributed by atoms with van der Waals surface area (Å²) in [6.07, 6.45) is 5.65. The largest absolute Gasteiger partial charge is 0.394 e. The molecule has 2 bridgehead atoms. The van der Waals surface area contributed by atoms with Gasteiger partial charge in [-0.3, -0.25) is 14.4 Å². The minimum Gasteiger partial charge on any atom is -0.394 e. The number of benzene rings is 1. The van der Waals surface area contributed by atoms with Crippen LogP contribution < -0.4 is 9.80 Å². The molecule has 2 unspecified atom stereocenters. The summed E-state index contributed by atoms with van der Waals surface area (Å²) in [6.45, 7) is 20.7. The minimum absolute atomic E-state index is 0.0358. The van der Waals surface area contributed by atoms with Crippen molar-refractivity contribution in [3.63, 3.8) is 0 Å². The molecule has 3 amide bonds. The van der Waals surface area contributed by atoms with Crippen LogP contribution >= 0.6 is 11.8 Å². The van der Waals surface area contributed by atoms with E-state index in [1.807, 2.05) is 36.1 Å². The molecule has 1 N–H and O–H groups in total. The van der Waals surface area contributed by atoms with E-state index < -0.39 is 33.4 Å². The number of hydrogen-bond donors (Lipinski definition) is 1. The van der Waals surface area contributed by atoms with Crippen LogP contribution in [-0.4, -0.2) is 93.5 Å². The van der Waals surface area contributed by atoms with Gasteiger partial charge in [-0.25, -0.2) is 0 Å². The van der Waals surface area contributed by atoms with Gasteiger partial charge in [0.2, 0.25) is 11.8 Å². The Bertz CT molecular complexity index is 1190. The predicted octanol–water partition coefficient (Wildman–Crippen LogP) is 4.34. The second-order valence-corrected chi connectivity index (χ2v) is 13.9. The van der Waals surface area contributed by atoms with Crippen molar-refractivity contribution in [1.82, 2.24) is 9.80 Å². The molecule has 1 spiro atoms. The second-order valence-electron chi connectivity index (χ2n) is 12.0. The third-order valence-corrected chi connectivity index (χ3v) is 11.5. The van der Waals surface area contributed by atoms with Gasteiger partial charge in [-0.05, 0) is 71.2 Å². The zero-order chi connectivity index (χ0) is 30.8. The SMILES string of the molecule is C=CCN(CCC)C(=O)[C@@H]1[C@H]2C(=O)N([C@H](C)CO)C(C(=O)N(CC=C)c3ccc(N(CC)CC)cc3)C23CC[C@@]1(C)S3. The summed E-state index contributed by atoms with van der Waals surface area (Å²) < 4.78 is -1.20. The number of hydrogen-bond acceptors (Lipinski definition) is 6. The number of thioether (sulfide) groups is 1. The summed E-state index contributed by atoms with van der Waals surface area (Å²) in [5, 5.41) is 10.3. The maximum atomic E-state index is 14.8. The zero-order valence-corrected chi connectivity index (χ0v) is 26.7.